The summed E-state index contributed by atoms with van der Waals surface area (Å²) in [5, 5.41) is 12.3. The van der Waals surface area contributed by atoms with Crippen molar-refractivity contribution < 1.29 is 14.3 Å². The summed E-state index contributed by atoms with van der Waals surface area (Å²) in [6.45, 7) is 0. The zero-order valence-electron chi connectivity index (χ0n) is 11.4. The van der Waals surface area contributed by atoms with E-state index in [4.69, 9.17) is 5.11 Å². The van der Waals surface area contributed by atoms with Crippen molar-refractivity contribution in [2.45, 2.75) is 24.8 Å². The van der Waals surface area contributed by atoms with Crippen molar-refractivity contribution in [1.29, 1.82) is 0 Å². The molecule has 0 heterocycles. The van der Waals surface area contributed by atoms with E-state index < -0.39 is 5.97 Å². The zero-order chi connectivity index (χ0) is 14.8. The summed E-state index contributed by atoms with van der Waals surface area (Å²) in [6, 6.07) is 13.9. The summed E-state index contributed by atoms with van der Waals surface area (Å²) >= 11 is 0. The van der Waals surface area contributed by atoms with Crippen molar-refractivity contribution in [3.05, 3.63) is 65.5 Å². The molecule has 1 aliphatic rings. The quantitative estimate of drug-likeness (QED) is 0.896. The van der Waals surface area contributed by atoms with Crippen molar-refractivity contribution in [3.8, 4) is 0 Å². The van der Waals surface area contributed by atoms with Gasteiger partial charge >= 0.3 is 5.97 Å². The Kier molecular flexibility index (Phi) is 3.60. The van der Waals surface area contributed by atoms with Crippen molar-refractivity contribution in [1.82, 2.24) is 0 Å². The highest BCUT2D eigenvalue weighted by Gasteiger charge is 2.31. The van der Waals surface area contributed by atoms with Gasteiger partial charge in [0.2, 0.25) is 0 Å². The standard InChI is InChI=1S/C17H16FNO2/c18-16-7-2-1-6-15(16)12-9-14(10-12)19-13-5-3-4-11(8-13)17(20)21/h1-8,12,14,19H,9-10H2,(H,20,21). The lowest BCUT2D eigenvalue weighted by atomic mass is 9.75. The van der Waals surface area contributed by atoms with Crippen molar-refractivity contribution >= 4 is 11.7 Å². The van der Waals surface area contributed by atoms with Crippen molar-refractivity contribution in [3.63, 3.8) is 0 Å². The molecule has 1 aliphatic carbocycles. The number of nitrogens with one attached hydrogen (secondary N) is 1. The summed E-state index contributed by atoms with van der Waals surface area (Å²) in [7, 11) is 0. The van der Waals surface area contributed by atoms with E-state index in [-0.39, 0.29) is 23.3 Å². The van der Waals surface area contributed by atoms with Gasteiger partial charge in [0.15, 0.2) is 0 Å². The molecule has 1 saturated carbocycles. The van der Waals surface area contributed by atoms with Gasteiger partial charge < -0.3 is 10.4 Å². The van der Waals surface area contributed by atoms with Crippen LogP contribution in [-0.2, 0) is 0 Å². The third-order valence-electron chi connectivity index (χ3n) is 3.96. The van der Waals surface area contributed by atoms with Crippen LogP contribution in [0.1, 0.15) is 34.7 Å². The Morgan fingerprint density at radius 1 is 1.14 bits per heavy atom. The minimum Gasteiger partial charge on any atom is -0.478 e. The molecule has 2 aromatic rings. The lowest BCUT2D eigenvalue weighted by Crippen LogP contribution is -2.34. The summed E-state index contributed by atoms with van der Waals surface area (Å²) in [5.41, 5.74) is 1.84. The third kappa shape index (κ3) is 2.89. The van der Waals surface area contributed by atoms with Crippen LogP contribution in [0.3, 0.4) is 0 Å². The second-order valence-corrected chi connectivity index (χ2v) is 5.42. The Morgan fingerprint density at radius 3 is 2.62 bits per heavy atom. The van der Waals surface area contributed by atoms with Crippen LogP contribution in [0, 0.1) is 5.82 Å². The van der Waals surface area contributed by atoms with Gasteiger partial charge in [-0.25, -0.2) is 9.18 Å². The Hall–Kier alpha value is -2.36. The summed E-state index contributed by atoms with van der Waals surface area (Å²) in [4.78, 5) is 10.9. The minimum atomic E-state index is -0.934. The highest BCUT2D eigenvalue weighted by molar-refractivity contribution is 5.88. The van der Waals surface area contributed by atoms with Gasteiger partial charge in [-0.05, 0) is 48.6 Å². The van der Waals surface area contributed by atoms with Crippen molar-refractivity contribution in [2.24, 2.45) is 0 Å². The molecule has 0 spiro atoms. The van der Waals surface area contributed by atoms with Gasteiger partial charge in [-0.1, -0.05) is 24.3 Å². The van der Waals surface area contributed by atoms with E-state index in [1.54, 1.807) is 24.3 Å². The van der Waals surface area contributed by atoms with E-state index >= 15 is 0 Å². The Labute approximate surface area is 122 Å². The van der Waals surface area contributed by atoms with E-state index in [1.165, 1.54) is 6.07 Å². The maximum absolute atomic E-state index is 13.7. The molecule has 0 aromatic heterocycles. The van der Waals surface area contributed by atoms with Gasteiger partial charge in [0.25, 0.3) is 0 Å². The molecule has 1 fully saturated rings. The van der Waals surface area contributed by atoms with Gasteiger partial charge in [0, 0.05) is 11.7 Å². The predicted octanol–water partition coefficient (Wildman–Crippen LogP) is 3.88. The summed E-state index contributed by atoms with van der Waals surface area (Å²) < 4.78 is 13.7. The fourth-order valence-corrected chi connectivity index (χ4v) is 2.77. The second-order valence-electron chi connectivity index (χ2n) is 5.42. The smallest absolute Gasteiger partial charge is 0.335 e. The lowest BCUT2D eigenvalue weighted by Gasteiger charge is -2.37. The molecule has 3 nitrogen and oxygen atoms in total. The van der Waals surface area contributed by atoms with Crippen LogP contribution in [-0.4, -0.2) is 17.1 Å². The lowest BCUT2D eigenvalue weighted by molar-refractivity contribution is 0.0697. The average Bonchev–Trinajstić information content (AvgIpc) is 2.44. The number of halogens is 1. The van der Waals surface area contributed by atoms with Gasteiger partial charge in [-0.15, -0.1) is 0 Å². The van der Waals surface area contributed by atoms with Gasteiger partial charge in [-0.3, -0.25) is 0 Å². The molecule has 2 aromatic carbocycles. The molecular formula is C17H16FNO2. The molecule has 0 aliphatic heterocycles. The van der Waals surface area contributed by atoms with E-state index in [0.717, 1.165) is 24.1 Å². The Bertz CT molecular complexity index is 665. The third-order valence-corrected chi connectivity index (χ3v) is 3.96. The molecule has 21 heavy (non-hydrogen) atoms. The van der Waals surface area contributed by atoms with E-state index in [2.05, 4.69) is 5.32 Å². The molecule has 0 atom stereocenters. The van der Waals surface area contributed by atoms with E-state index in [1.807, 2.05) is 18.2 Å². The van der Waals surface area contributed by atoms with Crippen molar-refractivity contribution in [2.75, 3.05) is 5.32 Å². The molecule has 0 bridgehead atoms. The summed E-state index contributed by atoms with van der Waals surface area (Å²) in [5.74, 6) is -0.836. The number of rotatable bonds is 4. The van der Waals surface area contributed by atoms with Crippen LogP contribution in [0.25, 0.3) is 0 Å². The van der Waals surface area contributed by atoms with Gasteiger partial charge in [0.05, 0.1) is 5.56 Å². The molecule has 0 radical (unpaired) electrons. The van der Waals surface area contributed by atoms with Crippen LogP contribution >= 0.6 is 0 Å². The minimum absolute atomic E-state index is 0.145. The highest BCUT2D eigenvalue weighted by Crippen LogP contribution is 2.39. The van der Waals surface area contributed by atoms with Gasteiger partial charge in [-0.2, -0.15) is 0 Å². The molecule has 4 heteroatoms. The second kappa shape index (κ2) is 5.56. The van der Waals surface area contributed by atoms with E-state index in [9.17, 15) is 9.18 Å². The SMILES string of the molecule is O=C(O)c1cccc(NC2CC(c3ccccc3F)C2)c1. The largest absolute Gasteiger partial charge is 0.478 e. The molecule has 0 amide bonds. The fourth-order valence-electron chi connectivity index (χ4n) is 2.77. The molecule has 108 valence electrons. The average molecular weight is 285 g/mol. The number of hydrogen-bond acceptors (Lipinski definition) is 2. The first-order valence-corrected chi connectivity index (χ1v) is 6.98. The number of carbonyl (C=O) groups is 1. The normalized spacial score (nSPS) is 20.6. The maximum atomic E-state index is 13.7. The molecule has 0 unspecified atom stereocenters. The van der Waals surface area contributed by atoms with Crippen LogP contribution in [0.15, 0.2) is 48.5 Å². The number of hydrogen-bond donors (Lipinski definition) is 2. The first-order chi connectivity index (χ1) is 10.1. The number of aromatic carboxylic acids is 1. The van der Waals surface area contributed by atoms with Crippen LogP contribution in [0.2, 0.25) is 0 Å². The molecule has 0 saturated heterocycles. The molecular weight excluding hydrogens is 269 g/mol. The highest BCUT2D eigenvalue weighted by atomic mass is 19.1. The number of carboxylic acids is 1. The van der Waals surface area contributed by atoms with Crippen LogP contribution in [0.5, 0.6) is 0 Å². The first-order valence-electron chi connectivity index (χ1n) is 6.98. The van der Waals surface area contributed by atoms with Crippen LogP contribution in [0.4, 0.5) is 10.1 Å². The summed E-state index contributed by atoms with van der Waals surface area (Å²) in [6.07, 6.45) is 1.72. The topological polar surface area (TPSA) is 49.3 Å². The number of anilines is 1. The number of benzene rings is 2. The monoisotopic (exact) mass is 285 g/mol. The first kappa shape index (κ1) is 13.6. The predicted molar refractivity (Wildman–Crippen MR) is 79.2 cm³/mol. The molecule has 2 N–H and O–H groups in total. The van der Waals surface area contributed by atoms with E-state index in [0.29, 0.717) is 0 Å². The maximum Gasteiger partial charge on any atom is 0.335 e. The zero-order valence-corrected chi connectivity index (χ0v) is 11.4. The van der Waals surface area contributed by atoms with Gasteiger partial charge in [0.1, 0.15) is 5.82 Å². The van der Waals surface area contributed by atoms with Crippen LogP contribution < -0.4 is 5.32 Å². The Balaban J connectivity index is 1.61. The number of carboxylic acid groups (broad SMARTS) is 1. The Morgan fingerprint density at radius 2 is 1.90 bits per heavy atom. The fraction of sp³-hybridized carbons (Fsp3) is 0.235. The molecule has 3 rings (SSSR count).